The fraction of sp³-hybridized carbons (Fsp3) is 0.417. The van der Waals surface area contributed by atoms with Crippen molar-refractivity contribution in [1.82, 2.24) is 10.2 Å². The second-order valence-corrected chi connectivity index (χ2v) is 8.59. The molecule has 1 N–H and O–H groups in total. The van der Waals surface area contributed by atoms with E-state index in [1.54, 1.807) is 17.0 Å². The molecule has 30 heavy (non-hydrogen) atoms. The number of hydrogen-bond donors (Lipinski definition) is 1. The van der Waals surface area contributed by atoms with Crippen LogP contribution in [-0.4, -0.2) is 28.6 Å². The molecule has 0 spiro atoms. The lowest BCUT2D eigenvalue weighted by atomic mass is 9.94. The lowest BCUT2D eigenvalue weighted by molar-refractivity contribution is -0.140. The van der Waals surface area contributed by atoms with Crippen LogP contribution in [0.1, 0.15) is 54.8 Å². The van der Waals surface area contributed by atoms with E-state index in [1.165, 1.54) is 6.42 Å². The number of halogens is 2. The number of aryl methyl sites for hydroxylation is 1. The Balaban J connectivity index is 1.95. The van der Waals surface area contributed by atoms with E-state index in [4.69, 9.17) is 23.2 Å². The maximum absolute atomic E-state index is 13.5. The monoisotopic (exact) mass is 446 g/mol. The molecular formula is C24H28Cl2N2O2. The van der Waals surface area contributed by atoms with Crippen LogP contribution in [0.25, 0.3) is 0 Å². The van der Waals surface area contributed by atoms with Crippen molar-refractivity contribution in [2.75, 3.05) is 5.88 Å². The number of amides is 2. The number of carbonyl (C=O) groups is 2. The topological polar surface area (TPSA) is 49.4 Å². The fourth-order valence-corrected chi connectivity index (χ4v) is 4.34. The summed E-state index contributed by atoms with van der Waals surface area (Å²) < 4.78 is 0. The van der Waals surface area contributed by atoms with Gasteiger partial charge in [0, 0.05) is 17.6 Å². The molecule has 1 aliphatic carbocycles. The molecule has 0 radical (unpaired) electrons. The number of carbonyl (C=O) groups excluding carboxylic acids is 2. The molecule has 2 aromatic rings. The molecule has 6 heteroatoms. The maximum Gasteiger partial charge on any atom is 0.247 e. The minimum absolute atomic E-state index is 0.149. The van der Waals surface area contributed by atoms with Crippen molar-refractivity contribution in [3.05, 3.63) is 70.2 Å². The number of rotatable bonds is 7. The number of benzene rings is 2. The van der Waals surface area contributed by atoms with Crippen LogP contribution in [0.3, 0.4) is 0 Å². The molecule has 0 aliphatic heterocycles. The third-order valence-corrected chi connectivity index (χ3v) is 6.18. The summed E-state index contributed by atoms with van der Waals surface area (Å²) in [6.07, 6.45) is 5.41. The molecule has 4 nitrogen and oxygen atoms in total. The molecule has 1 unspecified atom stereocenters. The lowest BCUT2D eigenvalue weighted by Crippen LogP contribution is -2.47. The molecule has 1 atom stereocenters. The van der Waals surface area contributed by atoms with E-state index < -0.39 is 6.04 Å². The van der Waals surface area contributed by atoms with Crippen molar-refractivity contribution in [1.29, 1.82) is 0 Å². The standard InChI is InChI=1S/C24H28Cl2N2O2/c1-17-7-5-6-10-21(17)23(24(30)27-20-8-3-2-4-9-20)28(22(29)15-25)16-18-11-13-19(26)14-12-18/h5-7,10-14,20,23H,2-4,8-9,15-16H2,1H3,(H,27,30). The van der Waals surface area contributed by atoms with Gasteiger partial charge in [-0.2, -0.15) is 0 Å². The van der Waals surface area contributed by atoms with Gasteiger partial charge in [0.1, 0.15) is 11.9 Å². The van der Waals surface area contributed by atoms with Crippen molar-refractivity contribution < 1.29 is 9.59 Å². The molecule has 2 aromatic carbocycles. The van der Waals surface area contributed by atoms with Crippen LogP contribution < -0.4 is 5.32 Å². The zero-order chi connectivity index (χ0) is 21.5. The quantitative estimate of drug-likeness (QED) is 0.578. The first-order chi connectivity index (χ1) is 14.5. The summed E-state index contributed by atoms with van der Waals surface area (Å²) in [6.45, 7) is 2.24. The van der Waals surface area contributed by atoms with Crippen LogP contribution in [0.4, 0.5) is 0 Å². The van der Waals surface area contributed by atoms with Crippen LogP contribution in [0.5, 0.6) is 0 Å². The Morgan fingerprint density at radius 2 is 1.73 bits per heavy atom. The van der Waals surface area contributed by atoms with Gasteiger partial charge in [0.05, 0.1) is 0 Å². The van der Waals surface area contributed by atoms with E-state index in [0.29, 0.717) is 5.02 Å². The Morgan fingerprint density at radius 1 is 1.07 bits per heavy atom. The molecule has 2 amide bonds. The molecule has 1 aliphatic rings. The van der Waals surface area contributed by atoms with Gasteiger partial charge in [-0.05, 0) is 48.6 Å². The van der Waals surface area contributed by atoms with Crippen molar-refractivity contribution in [3.63, 3.8) is 0 Å². The molecule has 160 valence electrons. The minimum atomic E-state index is -0.741. The number of nitrogens with one attached hydrogen (secondary N) is 1. The lowest BCUT2D eigenvalue weighted by Gasteiger charge is -2.34. The van der Waals surface area contributed by atoms with Crippen LogP contribution >= 0.6 is 23.2 Å². The van der Waals surface area contributed by atoms with Crippen LogP contribution in [-0.2, 0) is 16.1 Å². The Morgan fingerprint density at radius 3 is 2.37 bits per heavy atom. The van der Waals surface area contributed by atoms with Gasteiger partial charge >= 0.3 is 0 Å². The van der Waals surface area contributed by atoms with Gasteiger partial charge in [-0.25, -0.2) is 0 Å². The molecule has 3 rings (SSSR count). The highest BCUT2D eigenvalue weighted by molar-refractivity contribution is 6.30. The van der Waals surface area contributed by atoms with Gasteiger partial charge in [-0.3, -0.25) is 9.59 Å². The molecule has 0 heterocycles. The molecule has 1 saturated carbocycles. The van der Waals surface area contributed by atoms with Gasteiger partial charge in [0.25, 0.3) is 0 Å². The van der Waals surface area contributed by atoms with Gasteiger partial charge in [0.2, 0.25) is 11.8 Å². The van der Waals surface area contributed by atoms with Crippen molar-refractivity contribution in [3.8, 4) is 0 Å². The Labute approximate surface area is 188 Å². The molecular weight excluding hydrogens is 419 g/mol. The molecule has 1 fully saturated rings. The predicted molar refractivity (Wildman–Crippen MR) is 122 cm³/mol. The summed E-state index contributed by atoms with van der Waals surface area (Å²) in [6, 6.07) is 14.4. The van der Waals surface area contributed by atoms with Gasteiger partial charge < -0.3 is 10.2 Å². The van der Waals surface area contributed by atoms with Crippen LogP contribution in [0, 0.1) is 6.92 Å². The normalized spacial score (nSPS) is 15.4. The second-order valence-electron chi connectivity index (χ2n) is 7.88. The summed E-state index contributed by atoms with van der Waals surface area (Å²) in [5.41, 5.74) is 2.67. The predicted octanol–water partition coefficient (Wildman–Crippen LogP) is 5.41. The summed E-state index contributed by atoms with van der Waals surface area (Å²) in [5.74, 6) is -0.616. The summed E-state index contributed by atoms with van der Waals surface area (Å²) in [5, 5.41) is 3.83. The first-order valence-corrected chi connectivity index (χ1v) is 11.4. The highest BCUT2D eigenvalue weighted by Gasteiger charge is 2.33. The SMILES string of the molecule is Cc1ccccc1C(C(=O)NC1CCCCC1)N(Cc1ccc(Cl)cc1)C(=O)CCl. The summed E-state index contributed by atoms with van der Waals surface area (Å²) >= 11 is 12.0. The van der Waals surface area contributed by atoms with Gasteiger partial charge in [-0.15, -0.1) is 11.6 Å². The fourth-order valence-electron chi connectivity index (χ4n) is 4.06. The van der Waals surface area contributed by atoms with Crippen LogP contribution in [0.2, 0.25) is 5.02 Å². The summed E-state index contributed by atoms with van der Waals surface area (Å²) in [4.78, 5) is 28.0. The zero-order valence-corrected chi connectivity index (χ0v) is 18.8. The average Bonchev–Trinajstić information content (AvgIpc) is 2.76. The first-order valence-electron chi connectivity index (χ1n) is 10.5. The van der Waals surface area contributed by atoms with Gasteiger partial charge in [-0.1, -0.05) is 67.3 Å². The first kappa shape index (κ1) is 22.6. The zero-order valence-electron chi connectivity index (χ0n) is 17.2. The Hall–Kier alpha value is -2.04. The third kappa shape index (κ3) is 5.77. The van der Waals surface area contributed by atoms with Gasteiger partial charge in [0.15, 0.2) is 0 Å². The molecule has 0 bridgehead atoms. The maximum atomic E-state index is 13.5. The van der Waals surface area contributed by atoms with E-state index >= 15 is 0 Å². The van der Waals surface area contributed by atoms with E-state index in [9.17, 15) is 9.59 Å². The van der Waals surface area contributed by atoms with Crippen molar-refractivity contribution >= 4 is 35.0 Å². The average molecular weight is 447 g/mol. The second kappa shape index (κ2) is 10.8. The number of nitrogens with zero attached hydrogens (tertiary/aromatic N) is 1. The highest BCUT2D eigenvalue weighted by Crippen LogP contribution is 2.28. The molecule has 0 aromatic heterocycles. The number of hydrogen-bond acceptors (Lipinski definition) is 2. The van der Waals surface area contributed by atoms with E-state index in [0.717, 1.165) is 42.4 Å². The summed E-state index contributed by atoms with van der Waals surface area (Å²) in [7, 11) is 0. The smallest absolute Gasteiger partial charge is 0.247 e. The molecule has 0 saturated heterocycles. The number of alkyl halides is 1. The third-order valence-electron chi connectivity index (χ3n) is 5.70. The van der Waals surface area contributed by atoms with Crippen LogP contribution in [0.15, 0.2) is 48.5 Å². The largest absolute Gasteiger partial charge is 0.351 e. The van der Waals surface area contributed by atoms with Crippen molar-refractivity contribution in [2.45, 2.75) is 57.7 Å². The Bertz CT molecular complexity index is 864. The Kier molecular flexibility index (Phi) is 8.17. The highest BCUT2D eigenvalue weighted by atomic mass is 35.5. The van der Waals surface area contributed by atoms with E-state index in [1.807, 2.05) is 43.3 Å². The van der Waals surface area contributed by atoms with Crippen molar-refractivity contribution in [2.24, 2.45) is 0 Å². The minimum Gasteiger partial charge on any atom is -0.351 e. The van der Waals surface area contributed by atoms with E-state index in [-0.39, 0.29) is 30.3 Å². The van der Waals surface area contributed by atoms with E-state index in [2.05, 4.69) is 5.32 Å².